The predicted octanol–water partition coefficient (Wildman–Crippen LogP) is 3.86. The van der Waals surface area contributed by atoms with Gasteiger partial charge in [0.25, 0.3) is 5.91 Å². The average Bonchev–Trinajstić information content (AvgIpc) is 2.40. The van der Waals surface area contributed by atoms with E-state index in [1.54, 1.807) is 24.3 Å². The Morgan fingerprint density at radius 1 is 1.19 bits per heavy atom. The number of aryl methyl sites for hydroxylation is 1. The molecule has 0 radical (unpaired) electrons. The summed E-state index contributed by atoms with van der Waals surface area (Å²) in [6.07, 6.45) is 0.642. The minimum Gasteiger partial charge on any atom is -0.399 e. The van der Waals surface area contributed by atoms with E-state index in [1.165, 1.54) is 0 Å². The third-order valence-electron chi connectivity index (χ3n) is 3.06. The highest BCUT2D eigenvalue weighted by molar-refractivity contribution is 6.35. The second kappa shape index (κ2) is 6.83. The Kier molecular flexibility index (Phi) is 5.10. The van der Waals surface area contributed by atoms with Gasteiger partial charge in [-0.05, 0) is 54.8 Å². The molecule has 2 aromatic carbocycles. The Hall–Kier alpha value is -1.71. The highest BCUT2D eigenvalue weighted by Gasteiger charge is 2.07. The monoisotopic (exact) mass is 322 g/mol. The van der Waals surface area contributed by atoms with Crippen LogP contribution in [0.2, 0.25) is 10.0 Å². The summed E-state index contributed by atoms with van der Waals surface area (Å²) >= 11 is 11.9. The van der Waals surface area contributed by atoms with Gasteiger partial charge in [0, 0.05) is 27.8 Å². The Bertz CT molecular complexity index is 651. The van der Waals surface area contributed by atoms with Crippen molar-refractivity contribution in [3.05, 3.63) is 63.1 Å². The molecule has 0 saturated carbocycles. The fraction of sp³-hybridized carbons (Fsp3) is 0.188. The quantitative estimate of drug-likeness (QED) is 0.840. The lowest BCUT2D eigenvalue weighted by atomic mass is 10.1. The van der Waals surface area contributed by atoms with Crippen molar-refractivity contribution in [1.82, 2.24) is 5.32 Å². The number of nitrogen functional groups attached to an aromatic ring is 1. The molecule has 3 N–H and O–H groups in total. The van der Waals surface area contributed by atoms with Crippen molar-refractivity contribution < 1.29 is 4.79 Å². The summed E-state index contributed by atoms with van der Waals surface area (Å²) in [5, 5.41) is 4.07. The summed E-state index contributed by atoms with van der Waals surface area (Å²) in [5.41, 5.74) is 8.80. The normalized spacial score (nSPS) is 10.4. The molecule has 0 bridgehead atoms. The van der Waals surface area contributed by atoms with Crippen molar-refractivity contribution in [1.29, 1.82) is 0 Å². The van der Waals surface area contributed by atoms with Crippen molar-refractivity contribution in [2.45, 2.75) is 13.3 Å². The van der Waals surface area contributed by atoms with Crippen LogP contribution in [0.1, 0.15) is 21.5 Å². The highest BCUT2D eigenvalue weighted by Crippen LogP contribution is 2.21. The fourth-order valence-corrected chi connectivity index (χ4v) is 2.58. The van der Waals surface area contributed by atoms with Gasteiger partial charge in [-0.15, -0.1) is 0 Å². The van der Waals surface area contributed by atoms with Gasteiger partial charge in [0.05, 0.1) is 0 Å². The van der Waals surface area contributed by atoms with E-state index in [-0.39, 0.29) is 5.91 Å². The summed E-state index contributed by atoms with van der Waals surface area (Å²) in [7, 11) is 0. The number of nitrogens with one attached hydrogen (secondary N) is 1. The zero-order valence-electron chi connectivity index (χ0n) is 11.6. The van der Waals surface area contributed by atoms with Gasteiger partial charge in [-0.1, -0.05) is 29.3 Å². The second-order valence-electron chi connectivity index (χ2n) is 4.87. The van der Waals surface area contributed by atoms with Crippen molar-refractivity contribution in [2.24, 2.45) is 0 Å². The lowest BCUT2D eigenvalue weighted by molar-refractivity contribution is 0.0954. The molecule has 21 heavy (non-hydrogen) atoms. The molecule has 0 aliphatic heterocycles. The smallest absolute Gasteiger partial charge is 0.251 e. The zero-order valence-corrected chi connectivity index (χ0v) is 13.1. The number of amides is 1. The van der Waals surface area contributed by atoms with Crippen LogP contribution in [0, 0.1) is 6.92 Å². The van der Waals surface area contributed by atoms with E-state index >= 15 is 0 Å². The molecule has 0 aliphatic carbocycles. The van der Waals surface area contributed by atoms with Crippen LogP contribution in [0.4, 0.5) is 5.69 Å². The molecule has 3 nitrogen and oxygen atoms in total. The van der Waals surface area contributed by atoms with Crippen LogP contribution >= 0.6 is 23.2 Å². The van der Waals surface area contributed by atoms with Crippen molar-refractivity contribution in [3.63, 3.8) is 0 Å². The molecule has 0 fully saturated rings. The first-order chi connectivity index (χ1) is 9.95. The first-order valence-corrected chi connectivity index (χ1v) is 7.30. The molecule has 0 aromatic heterocycles. The van der Waals surface area contributed by atoms with Gasteiger partial charge >= 0.3 is 0 Å². The topological polar surface area (TPSA) is 55.1 Å². The number of anilines is 1. The Morgan fingerprint density at radius 2 is 1.95 bits per heavy atom. The summed E-state index contributed by atoms with van der Waals surface area (Å²) in [5.74, 6) is -0.143. The van der Waals surface area contributed by atoms with E-state index in [9.17, 15) is 4.79 Å². The minimum atomic E-state index is -0.143. The minimum absolute atomic E-state index is 0.143. The van der Waals surface area contributed by atoms with Crippen molar-refractivity contribution >= 4 is 34.8 Å². The van der Waals surface area contributed by atoms with Crippen molar-refractivity contribution in [2.75, 3.05) is 12.3 Å². The molecule has 1 amide bonds. The number of rotatable bonds is 4. The van der Waals surface area contributed by atoms with Gasteiger partial charge < -0.3 is 11.1 Å². The Balaban J connectivity index is 1.95. The molecule has 2 aromatic rings. The molecule has 110 valence electrons. The van der Waals surface area contributed by atoms with Crippen LogP contribution in [0.3, 0.4) is 0 Å². The van der Waals surface area contributed by atoms with Crippen molar-refractivity contribution in [3.8, 4) is 0 Å². The molecule has 0 spiro atoms. The summed E-state index contributed by atoms with van der Waals surface area (Å²) in [6.45, 7) is 2.40. The molecule has 0 heterocycles. The lowest BCUT2D eigenvalue weighted by Gasteiger charge is -2.08. The van der Waals surface area contributed by atoms with E-state index in [2.05, 4.69) is 5.32 Å². The maximum atomic E-state index is 12.1. The Morgan fingerprint density at radius 3 is 2.62 bits per heavy atom. The van der Waals surface area contributed by atoms with Crippen LogP contribution in [0.15, 0.2) is 36.4 Å². The molecule has 0 saturated heterocycles. The molecule has 0 aliphatic rings. The number of carbonyl (C=O) groups excluding carboxylic acids is 1. The Labute approximate surface area is 134 Å². The average molecular weight is 323 g/mol. The van der Waals surface area contributed by atoms with E-state index in [0.29, 0.717) is 34.3 Å². The van der Waals surface area contributed by atoms with Gasteiger partial charge in [-0.3, -0.25) is 4.79 Å². The molecular weight excluding hydrogens is 307 g/mol. The first kappa shape index (κ1) is 15.7. The highest BCUT2D eigenvalue weighted by atomic mass is 35.5. The number of nitrogens with two attached hydrogens (primary N) is 1. The fourth-order valence-electron chi connectivity index (χ4n) is 2.08. The second-order valence-corrected chi connectivity index (χ2v) is 5.72. The number of hydrogen-bond acceptors (Lipinski definition) is 2. The lowest BCUT2D eigenvalue weighted by Crippen LogP contribution is -2.25. The third-order valence-corrected chi connectivity index (χ3v) is 3.64. The van der Waals surface area contributed by atoms with E-state index < -0.39 is 0 Å². The molecule has 0 atom stereocenters. The molecule has 0 unspecified atom stereocenters. The molecule has 5 heteroatoms. The summed E-state index contributed by atoms with van der Waals surface area (Å²) in [4.78, 5) is 12.1. The number of halogens is 2. The SMILES string of the molecule is Cc1cc(N)cc(C(=O)NCCc2ccc(Cl)cc2Cl)c1. The zero-order chi connectivity index (χ0) is 15.4. The predicted molar refractivity (Wildman–Crippen MR) is 88.1 cm³/mol. The molecule has 2 rings (SSSR count). The van der Waals surface area contributed by atoms with Crippen LogP contribution in [-0.2, 0) is 6.42 Å². The number of hydrogen-bond donors (Lipinski definition) is 2. The van der Waals surface area contributed by atoms with Gasteiger partial charge in [-0.2, -0.15) is 0 Å². The van der Waals surface area contributed by atoms with Gasteiger partial charge in [-0.25, -0.2) is 0 Å². The van der Waals surface area contributed by atoms with Crippen LogP contribution in [-0.4, -0.2) is 12.5 Å². The van der Waals surface area contributed by atoms with Crippen LogP contribution in [0.5, 0.6) is 0 Å². The summed E-state index contributed by atoms with van der Waals surface area (Å²) < 4.78 is 0. The van der Waals surface area contributed by atoms with E-state index in [4.69, 9.17) is 28.9 Å². The standard InChI is InChI=1S/C16H16Cl2N2O/c1-10-6-12(8-14(19)7-10)16(21)20-5-4-11-2-3-13(17)9-15(11)18/h2-3,6-9H,4-5,19H2,1H3,(H,20,21). The maximum Gasteiger partial charge on any atom is 0.251 e. The summed E-state index contributed by atoms with van der Waals surface area (Å²) in [6, 6.07) is 10.6. The van der Waals surface area contributed by atoms with Gasteiger partial charge in [0.2, 0.25) is 0 Å². The van der Waals surface area contributed by atoms with Crippen LogP contribution < -0.4 is 11.1 Å². The number of benzene rings is 2. The van der Waals surface area contributed by atoms with Gasteiger partial charge in [0.1, 0.15) is 0 Å². The van der Waals surface area contributed by atoms with E-state index in [0.717, 1.165) is 11.1 Å². The maximum absolute atomic E-state index is 12.1. The molecular formula is C16H16Cl2N2O. The first-order valence-electron chi connectivity index (χ1n) is 6.55. The number of carbonyl (C=O) groups is 1. The van der Waals surface area contributed by atoms with Crippen LogP contribution in [0.25, 0.3) is 0 Å². The van der Waals surface area contributed by atoms with E-state index in [1.807, 2.05) is 19.1 Å². The third kappa shape index (κ3) is 4.38. The largest absolute Gasteiger partial charge is 0.399 e. The van der Waals surface area contributed by atoms with Gasteiger partial charge in [0.15, 0.2) is 0 Å².